The van der Waals surface area contributed by atoms with Crippen LogP contribution in [-0.2, 0) is 10.0 Å². The second kappa shape index (κ2) is 5.36. The molecule has 1 rings (SSSR count). The van der Waals surface area contributed by atoms with E-state index in [1.807, 2.05) is 13.8 Å². The van der Waals surface area contributed by atoms with Crippen LogP contribution in [0.3, 0.4) is 0 Å². The van der Waals surface area contributed by atoms with E-state index in [4.69, 9.17) is 10.9 Å². The summed E-state index contributed by atoms with van der Waals surface area (Å²) in [6.45, 7) is 5.33. The summed E-state index contributed by atoms with van der Waals surface area (Å²) in [4.78, 5) is -0.00797. The molecule has 0 bridgehead atoms. The number of nitrogen functional groups attached to an aromatic ring is 1. The first-order valence-corrected chi connectivity index (χ1v) is 7.49. The molecule has 1 unspecified atom stereocenters. The Morgan fingerprint density at radius 1 is 1.42 bits per heavy atom. The van der Waals surface area contributed by atoms with Crippen molar-refractivity contribution in [1.29, 1.82) is 0 Å². The zero-order chi connectivity index (χ0) is 14.8. The fourth-order valence-electron chi connectivity index (χ4n) is 1.70. The molecule has 0 fully saturated rings. The third-order valence-corrected chi connectivity index (χ3v) is 4.29. The number of hydrogen-bond acceptors (Lipinski definition) is 5. The van der Waals surface area contributed by atoms with E-state index >= 15 is 0 Å². The van der Waals surface area contributed by atoms with E-state index in [0.29, 0.717) is 23.4 Å². The number of rotatable bonds is 5. The fraction of sp³-hybridized carbons (Fsp3) is 0.500. The summed E-state index contributed by atoms with van der Waals surface area (Å²) >= 11 is 0. The number of hydrogen-bond donors (Lipinski definition) is 4. The van der Waals surface area contributed by atoms with Gasteiger partial charge in [-0.1, -0.05) is 6.92 Å². The maximum atomic E-state index is 11.5. The highest BCUT2D eigenvalue weighted by molar-refractivity contribution is 7.89. The Bertz CT molecular complexity index is 566. The van der Waals surface area contributed by atoms with E-state index in [1.165, 1.54) is 6.07 Å². The summed E-state index contributed by atoms with van der Waals surface area (Å²) in [6.07, 6.45) is 0.669. The largest absolute Gasteiger partial charge is 0.399 e. The van der Waals surface area contributed by atoms with Crippen LogP contribution in [0.2, 0.25) is 0 Å². The van der Waals surface area contributed by atoms with E-state index in [2.05, 4.69) is 5.32 Å². The molecule has 0 radical (unpaired) electrons. The van der Waals surface area contributed by atoms with Gasteiger partial charge in [-0.15, -0.1) is 0 Å². The lowest BCUT2D eigenvalue weighted by molar-refractivity contribution is 0.219. The van der Waals surface area contributed by atoms with Gasteiger partial charge >= 0.3 is 0 Å². The molecule has 1 atom stereocenters. The Balaban J connectivity index is 3.35. The predicted octanol–water partition coefficient (Wildman–Crippen LogP) is 0.798. The number of nitrogens with one attached hydrogen (secondary N) is 1. The van der Waals surface area contributed by atoms with Gasteiger partial charge in [0.05, 0.1) is 17.0 Å². The molecule has 108 valence electrons. The van der Waals surface area contributed by atoms with E-state index in [0.717, 1.165) is 0 Å². The molecule has 0 aromatic heterocycles. The SMILES string of the molecule is CCC(C)(CO)Nc1cc(N)cc(S(N)(=O)=O)c1C. The number of primary sulfonamides is 1. The first kappa shape index (κ1) is 15.7. The summed E-state index contributed by atoms with van der Waals surface area (Å²) in [6, 6.07) is 2.96. The lowest BCUT2D eigenvalue weighted by Gasteiger charge is -2.30. The van der Waals surface area contributed by atoms with Crippen LogP contribution in [0.5, 0.6) is 0 Å². The van der Waals surface area contributed by atoms with E-state index < -0.39 is 15.6 Å². The van der Waals surface area contributed by atoms with Gasteiger partial charge in [-0.25, -0.2) is 13.6 Å². The first-order valence-electron chi connectivity index (χ1n) is 5.95. The van der Waals surface area contributed by atoms with Gasteiger partial charge in [-0.2, -0.15) is 0 Å². The molecule has 0 aliphatic rings. The van der Waals surface area contributed by atoms with E-state index in [9.17, 15) is 13.5 Å². The summed E-state index contributed by atoms with van der Waals surface area (Å²) in [5.41, 5.74) is 6.50. The second-order valence-corrected chi connectivity index (χ2v) is 6.46. The minimum atomic E-state index is -3.83. The lowest BCUT2D eigenvalue weighted by Crippen LogP contribution is -2.38. The number of aliphatic hydroxyl groups excluding tert-OH is 1. The minimum absolute atomic E-state index is 0.00797. The van der Waals surface area contributed by atoms with Crippen molar-refractivity contribution < 1.29 is 13.5 Å². The van der Waals surface area contributed by atoms with Gasteiger partial charge in [0.15, 0.2) is 0 Å². The van der Waals surface area contributed by atoms with E-state index in [-0.39, 0.29) is 11.5 Å². The van der Waals surface area contributed by atoms with Gasteiger partial charge in [-0.3, -0.25) is 0 Å². The van der Waals surface area contributed by atoms with Gasteiger partial charge in [0.1, 0.15) is 0 Å². The van der Waals surface area contributed by atoms with Gasteiger partial charge < -0.3 is 16.2 Å². The Hall–Kier alpha value is -1.31. The van der Waals surface area contributed by atoms with Crippen LogP contribution in [0.25, 0.3) is 0 Å². The molecular formula is C12H21N3O3S. The maximum absolute atomic E-state index is 11.5. The van der Waals surface area contributed by atoms with Crippen molar-refractivity contribution in [1.82, 2.24) is 0 Å². The molecular weight excluding hydrogens is 266 g/mol. The quantitative estimate of drug-likeness (QED) is 0.597. The third-order valence-electron chi connectivity index (χ3n) is 3.25. The minimum Gasteiger partial charge on any atom is -0.399 e. The summed E-state index contributed by atoms with van der Waals surface area (Å²) < 4.78 is 23.0. The van der Waals surface area contributed by atoms with Crippen molar-refractivity contribution in [2.45, 2.75) is 37.6 Å². The van der Waals surface area contributed by atoms with Crippen LogP contribution in [-0.4, -0.2) is 25.7 Å². The summed E-state index contributed by atoms with van der Waals surface area (Å²) in [5, 5.41) is 17.7. The Morgan fingerprint density at radius 2 is 2.00 bits per heavy atom. The predicted molar refractivity (Wildman–Crippen MR) is 76.4 cm³/mol. The highest BCUT2D eigenvalue weighted by Gasteiger charge is 2.23. The standard InChI is InChI=1S/C12H21N3O3S/c1-4-12(3,7-16)15-10-5-9(13)6-11(8(10)2)19(14,17)18/h5-6,15-16H,4,7,13H2,1-3H3,(H2,14,17,18). The highest BCUT2D eigenvalue weighted by atomic mass is 32.2. The van der Waals surface area contributed by atoms with Gasteiger partial charge in [0.25, 0.3) is 0 Å². The molecule has 0 saturated heterocycles. The number of benzene rings is 1. The highest BCUT2D eigenvalue weighted by Crippen LogP contribution is 2.29. The molecule has 0 spiro atoms. The van der Waals surface area contributed by atoms with Crippen molar-refractivity contribution in [2.24, 2.45) is 5.14 Å². The molecule has 7 heteroatoms. The molecule has 0 aliphatic heterocycles. The van der Waals surface area contributed by atoms with Crippen molar-refractivity contribution >= 4 is 21.4 Å². The Morgan fingerprint density at radius 3 is 2.42 bits per heavy atom. The van der Waals surface area contributed by atoms with Crippen LogP contribution in [0, 0.1) is 6.92 Å². The van der Waals surface area contributed by atoms with Crippen molar-refractivity contribution in [3.05, 3.63) is 17.7 Å². The Labute approximate surface area is 113 Å². The Kier molecular flexibility index (Phi) is 4.44. The molecule has 0 heterocycles. The first-order chi connectivity index (χ1) is 8.63. The molecule has 0 aliphatic carbocycles. The maximum Gasteiger partial charge on any atom is 0.238 e. The summed E-state index contributed by atoms with van der Waals surface area (Å²) in [7, 11) is -3.83. The lowest BCUT2D eigenvalue weighted by atomic mass is 9.99. The average molecular weight is 287 g/mol. The fourth-order valence-corrected chi connectivity index (χ4v) is 2.54. The number of sulfonamides is 1. The van der Waals surface area contributed by atoms with Crippen molar-refractivity contribution in [2.75, 3.05) is 17.7 Å². The van der Waals surface area contributed by atoms with Gasteiger partial charge in [0, 0.05) is 11.4 Å². The monoisotopic (exact) mass is 287 g/mol. The molecule has 6 nitrogen and oxygen atoms in total. The topological polar surface area (TPSA) is 118 Å². The molecule has 1 aromatic carbocycles. The van der Waals surface area contributed by atoms with Crippen molar-refractivity contribution in [3.63, 3.8) is 0 Å². The number of nitrogens with two attached hydrogens (primary N) is 2. The zero-order valence-electron chi connectivity index (χ0n) is 11.4. The van der Waals surface area contributed by atoms with Crippen LogP contribution < -0.4 is 16.2 Å². The smallest absolute Gasteiger partial charge is 0.238 e. The molecule has 19 heavy (non-hydrogen) atoms. The second-order valence-electron chi connectivity index (χ2n) is 4.93. The molecule has 0 saturated carbocycles. The normalized spacial score (nSPS) is 15.0. The van der Waals surface area contributed by atoms with E-state index in [1.54, 1.807) is 13.0 Å². The summed E-state index contributed by atoms with van der Waals surface area (Å²) in [5.74, 6) is 0. The van der Waals surface area contributed by atoms with Crippen molar-refractivity contribution in [3.8, 4) is 0 Å². The zero-order valence-corrected chi connectivity index (χ0v) is 12.2. The number of anilines is 2. The third kappa shape index (κ3) is 3.59. The average Bonchev–Trinajstić information content (AvgIpc) is 2.31. The van der Waals surface area contributed by atoms with Crippen LogP contribution in [0.4, 0.5) is 11.4 Å². The van der Waals surface area contributed by atoms with Gasteiger partial charge in [0.2, 0.25) is 10.0 Å². The van der Waals surface area contributed by atoms with Crippen LogP contribution in [0.15, 0.2) is 17.0 Å². The molecule has 6 N–H and O–H groups in total. The van der Waals surface area contributed by atoms with Crippen LogP contribution in [0.1, 0.15) is 25.8 Å². The molecule has 1 aromatic rings. The van der Waals surface area contributed by atoms with Gasteiger partial charge in [-0.05, 0) is 38.0 Å². The molecule has 0 amide bonds. The number of aliphatic hydroxyl groups is 1. The van der Waals surface area contributed by atoms with Crippen LogP contribution >= 0.6 is 0 Å².